The first-order valence-electron chi connectivity index (χ1n) is 8.27. The third-order valence-corrected chi connectivity index (χ3v) is 5.58. The number of aromatic nitrogens is 2. The number of rotatable bonds is 2. The molecule has 0 spiro atoms. The highest BCUT2D eigenvalue weighted by Gasteiger charge is 2.36. The zero-order valence-electron chi connectivity index (χ0n) is 13.2. The van der Waals surface area contributed by atoms with Crippen molar-refractivity contribution in [3.05, 3.63) is 35.2 Å². The van der Waals surface area contributed by atoms with Crippen molar-refractivity contribution in [2.75, 3.05) is 7.05 Å². The molecule has 2 bridgehead atoms. The van der Waals surface area contributed by atoms with E-state index in [1.54, 1.807) is 29.1 Å². The van der Waals surface area contributed by atoms with Crippen LogP contribution in [0.2, 0.25) is 5.02 Å². The lowest BCUT2D eigenvalue weighted by molar-refractivity contribution is 0.0463. The number of nitrogens with one attached hydrogen (secondary N) is 1. The second-order valence-electron chi connectivity index (χ2n) is 6.78. The molecule has 2 saturated heterocycles. The third-order valence-electron chi connectivity index (χ3n) is 5.37. The molecule has 2 fully saturated rings. The van der Waals surface area contributed by atoms with E-state index in [1.807, 2.05) is 0 Å². The Labute approximate surface area is 140 Å². The molecule has 1 amide bonds. The van der Waals surface area contributed by atoms with Crippen LogP contribution in [0.15, 0.2) is 24.7 Å². The minimum absolute atomic E-state index is 0.0728. The minimum Gasteiger partial charge on any atom is -0.349 e. The fraction of sp³-hybridized carbons (Fsp3) is 0.529. The van der Waals surface area contributed by atoms with Crippen molar-refractivity contribution < 1.29 is 4.79 Å². The first-order valence-corrected chi connectivity index (χ1v) is 8.64. The smallest absolute Gasteiger partial charge is 0.255 e. The summed E-state index contributed by atoms with van der Waals surface area (Å²) in [6.07, 6.45) is 11.1. The maximum absolute atomic E-state index is 12.7. The summed E-state index contributed by atoms with van der Waals surface area (Å²) >= 11 is 6.13. The molecule has 2 aromatic heterocycles. The van der Waals surface area contributed by atoms with Crippen LogP contribution >= 0.6 is 11.6 Å². The zero-order chi connectivity index (χ0) is 16.0. The zero-order valence-corrected chi connectivity index (χ0v) is 14.0. The Morgan fingerprint density at radius 1 is 1.35 bits per heavy atom. The Kier molecular flexibility index (Phi) is 3.77. The van der Waals surface area contributed by atoms with Gasteiger partial charge in [-0.25, -0.2) is 4.98 Å². The van der Waals surface area contributed by atoms with E-state index >= 15 is 0 Å². The highest BCUT2D eigenvalue weighted by atomic mass is 35.5. The molecule has 1 unspecified atom stereocenters. The van der Waals surface area contributed by atoms with Gasteiger partial charge in [0.25, 0.3) is 5.91 Å². The van der Waals surface area contributed by atoms with Gasteiger partial charge in [0.05, 0.1) is 10.6 Å². The van der Waals surface area contributed by atoms with Gasteiger partial charge in [-0.3, -0.25) is 4.79 Å². The fourth-order valence-corrected chi connectivity index (χ4v) is 4.38. The molecule has 6 heteroatoms. The van der Waals surface area contributed by atoms with E-state index in [-0.39, 0.29) is 11.9 Å². The number of hydrogen-bond acceptors (Lipinski definition) is 3. The van der Waals surface area contributed by atoms with Crippen molar-refractivity contribution in [1.29, 1.82) is 0 Å². The lowest BCUT2D eigenvalue weighted by Crippen LogP contribution is -2.55. The Balaban J connectivity index is 1.54. The average Bonchev–Trinajstić information content (AvgIpc) is 2.95. The van der Waals surface area contributed by atoms with Gasteiger partial charge in [0.2, 0.25) is 0 Å². The lowest BCUT2D eigenvalue weighted by atomic mass is 9.82. The topological polar surface area (TPSA) is 49.6 Å². The molecule has 4 rings (SSSR count). The normalized spacial score (nSPS) is 28.0. The molecule has 1 N–H and O–H groups in total. The first-order chi connectivity index (χ1) is 11.1. The van der Waals surface area contributed by atoms with E-state index in [2.05, 4.69) is 22.2 Å². The van der Waals surface area contributed by atoms with Gasteiger partial charge in [-0.15, -0.1) is 0 Å². The Morgan fingerprint density at radius 2 is 2.09 bits per heavy atom. The van der Waals surface area contributed by atoms with E-state index in [4.69, 9.17) is 11.6 Å². The molecule has 0 aromatic carbocycles. The van der Waals surface area contributed by atoms with Crippen LogP contribution in [-0.4, -0.2) is 45.4 Å². The summed E-state index contributed by atoms with van der Waals surface area (Å²) in [5, 5.41) is 3.76. The van der Waals surface area contributed by atoms with E-state index < -0.39 is 0 Å². The summed E-state index contributed by atoms with van der Waals surface area (Å²) < 4.78 is 1.79. The number of imidazole rings is 1. The summed E-state index contributed by atoms with van der Waals surface area (Å²) in [6.45, 7) is 0. The summed E-state index contributed by atoms with van der Waals surface area (Å²) in [5.74, 6) is -0.0728. The molecule has 23 heavy (non-hydrogen) atoms. The van der Waals surface area contributed by atoms with Crippen LogP contribution in [0.5, 0.6) is 0 Å². The molecule has 5 nitrogen and oxygen atoms in total. The Hall–Kier alpha value is -1.59. The number of halogens is 1. The molecule has 4 heterocycles. The van der Waals surface area contributed by atoms with Gasteiger partial charge in [0, 0.05) is 36.7 Å². The summed E-state index contributed by atoms with van der Waals surface area (Å²) in [4.78, 5) is 19.5. The molecule has 0 radical (unpaired) electrons. The molecule has 122 valence electrons. The molecule has 2 aliphatic rings. The molecule has 3 atom stereocenters. The molecule has 0 aliphatic carbocycles. The van der Waals surface area contributed by atoms with E-state index in [9.17, 15) is 4.79 Å². The fourth-order valence-electron chi connectivity index (χ4n) is 4.16. The quantitative estimate of drug-likeness (QED) is 0.920. The van der Waals surface area contributed by atoms with Gasteiger partial charge in [-0.05, 0) is 38.8 Å². The predicted octanol–water partition coefficient (Wildman–Crippen LogP) is 2.73. The maximum Gasteiger partial charge on any atom is 0.255 e. The van der Waals surface area contributed by atoms with Crippen LogP contribution in [-0.2, 0) is 0 Å². The molecule has 2 aliphatic heterocycles. The van der Waals surface area contributed by atoms with Gasteiger partial charge in [-0.1, -0.05) is 18.0 Å². The number of nitrogens with zero attached hydrogens (tertiary/aromatic N) is 3. The van der Waals surface area contributed by atoms with Crippen molar-refractivity contribution in [2.24, 2.45) is 0 Å². The van der Waals surface area contributed by atoms with Crippen LogP contribution in [0.3, 0.4) is 0 Å². The van der Waals surface area contributed by atoms with Gasteiger partial charge >= 0.3 is 0 Å². The van der Waals surface area contributed by atoms with Crippen molar-refractivity contribution in [3.8, 4) is 0 Å². The maximum atomic E-state index is 12.7. The van der Waals surface area contributed by atoms with Crippen molar-refractivity contribution >= 4 is 23.2 Å². The number of piperidine rings is 2. The van der Waals surface area contributed by atoms with E-state index in [0.717, 1.165) is 12.8 Å². The monoisotopic (exact) mass is 332 g/mol. The average molecular weight is 333 g/mol. The number of pyridine rings is 1. The number of hydrogen-bond donors (Lipinski definition) is 1. The number of carbonyl (C=O) groups excluding carboxylic acids is 1. The molecular formula is C17H21ClN4O. The van der Waals surface area contributed by atoms with Crippen molar-refractivity contribution in [2.45, 2.75) is 50.2 Å². The second-order valence-corrected chi connectivity index (χ2v) is 7.21. The van der Waals surface area contributed by atoms with Crippen LogP contribution in [0.4, 0.5) is 0 Å². The third kappa shape index (κ3) is 2.72. The molecule has 2 aromatic rings. The van der Waals surface area contributed by atoms with Crippen molar-refractivity contribution in [1.82, 2.24) is 19.6 Å². The van der Waals surface area contributed by atoms with Crippen molar-refractivity contribution in [3.63, 3.8) is 0 Å². The van der Waals surface area contributed by atoms with Gasteiger partial charge < -0.3 is 14.6 Å². The highest BCUT2D eigenvalue weighted by Crippen LogP contribution is 2.32. The number of amides is 1. The van der Waals surface area contributed by atoms with Crippen LogP contribution in [0, 0.1) is 0 Å². The standard InChI is InChI=1S/C17H21ClN4O/c1-21-13-3-2-4-14(21)9-12(8-13)20-17(23)15-7-11(18)10-22-6-5-19-16(15)22/h5-7,10,12-14H,2-4,8-9H2,1H3,(H,20,23)/t12?,13-,14+. The SMILES string of the molecule is CN1[C@@H]2CCC[C@H]1CC(NC(=O)c1cc(Cl)cn3ccnc13)C2. The minimum atomic E-state index is -0.0728. The summed E-state index contributed by atoms with van der Waals surface area (Å²) in [7, 11) is 2.22. The largest absolute Gasteiger partial charge is 0.349 e. The Bertz CT molecular complexity index is 729. The van der Waals surface area contributed by atoms with Crippen LogP contribution in [0.1, 0.15) is 42.5 Å². The summed E-state index contributed by atoms with van der Waals surface area (Å²) in [5.41, 5.74) is 1.20. The summed E-state index contributed by atoms with van der Waals surface area (Å²) in [6, 6.07) is 3.13. The Morgan fingerprint density at radius 3 is 2.83 bits per heavy atom. The van der Waals surface area contributed by atoms with Crippen LogP contribution in [0.25, 0.3) is 5.65 Å². The molecular weight excluding hydrogens is 312 g/mol. The van der Waals surface area contributed by atoms with Gasteiger partial charge in [-0.2, -0.15) is 0 Å². The van der Waals surface area contributed by atoms with Gasteiger partial charge in [0.1, 0.15) is 5.65 Å². The first kappa shape index (κ1) is 15.0. The number of carbonyl (C=O) groups is 1. The van der Waals surface area contributed by atoms with E-state index in [0.29, 0.717) is 28.3 Å². The molecule has 0 saturated carbocycles. The highest BCUT2D eigenvalue weighted by molar-refractivity contribution is 6.31. The van der Waals surface area contributed by atoms with Gasteiger partial charge in [0.15, 0.2) is 0 Å². The number of fused-ring (bicyclic) bond motifs is 3. The van der Waals surface area contributed by atoms with Crippen LogP contribution < -0.4 is 5.32 Å². The second kappa shape index (κ2) is 5.80. The van der Waals surface area contributed by atoms with E-state index in [1.165, 1.54) is 19.3 Å². The lowest BCUT2D eigenvalue weighted by Gasteiger charge is -2.47. The predicted molar refractivity (Wildman–Crippen MR) is 89.9 cm³/mol.